The first-order chi connectivity index (χ1) is 5.76. The summed E-state index contributed by atoms with van der Waals surface area (Å²) < 4.78 is 0. The van der Waals surface area contributed by atoms with Crippen molar-refractivity contribution < 1.29 is 0 Å². The van der Waals surface area contributed by atoms with E-state index < -0.39 is 0 Å². The number of aromatic nitrogens is 1. The molecule has 1 aromatic heterocycles. The molecule has 0 spiro atoms. The topological polar surface area (TPSA) is 36.7 Å². The fraction of sp³-hybridized carbons (Fsp3) is 0.200. The zero-order valence-electron chi connectivity index (χ0n) is 7.04. The molecule has 0 aliphatic rings. The highest BCUT2D eigenvalue weighted by atomic mass is 14.7. The van der Waals surface area contributed by atoms with E-state index in [2.05, 4.69) is 17.6 Å². The van der Waals surface area contributed by atoms with Gasteiger partial charge in [0.25, 0.3) is 0 Å². The molecule has 0 N–H and O–H groups in total. The number of aryl methyl sites for hydroxylation is 1. The van der Waals surface area contributed by atoms with Crippen LogP contribution >= 0.6 is 0 Å². The van der Waals surface area contributed by atoms with Crippen molar-refractivity contribution in [3.05, 3.63) is 41.7 Å². The third kappa shape index (κ3) is 1.93. The molecule has 0 amide bonds. The summed E-state index contributed by atoms with van der Waals surface area (Å²) in [4.78, 5) is 4.25. The summed E-state index contributed by atoms with van der Waals surface area (Å²) in [5.41, 5.74) is 2.45. The van der Waals surface area contributed by atoms with Crippen LogP contribution in [0.4, 0.5) is 0 Å². The van der Waals surface area contributed by atoms with Gasteiger partial charge in [-0.2, -0.15) is 5.26 Å². The third-order valence-electron chi connectivity index (χ3n) is 1.49. The van der Waals surface area contributed by atoms with Crippen LogP contribution in [0.5, 0.6) is 0 Å². The second-order valence-corrected chi connectivity index (χ2v) is 2.59. The van der Waals surface area contributed by atoms with Crippen molar-refractivity contribution in [3.8, 4) is 6.07 Å². The minimum absolute atomic E-state index is 0.666. The molecule has 2 nitrogen and oxygen atoms in total. The molecule has 0 radical (unpaired) electrons. The summed E-state index contributed by atoms with van der Waals surface area (Å²) in [6.45, 7) is 5.50. The van der Waals surface area contributed by atoms with Crippen LogP contribution in [0.2, 0.25) is 0 Å². The van der Waals surface area contributed by atoms with Crippen molar-refractivity contribution in [2.45, 2.75) is 13.3 Å². The predicted molar refractivity (Wildman–Crippen MR) is 47.6 cm³/mol. The van der Waals surface area contributed by atoms with Gasteiger partial charge in [-0.1, -0.05) is 6.08 Å². The molecule has 0 atom stereocenters. The van der Waals surface area contributed by atoms with E-state index in [9.17, 15) is 0 Å². The van der Waals surface area contributed by atoms with Crippen LogP contribution in [-0.4, -0.2) is 4.98 Å². The maximum atomic E-state index is 8.65. The zero-order valence-corrected chi connectivity index (χ0v) is 7.04. The Bertz CT molecular complexity index is 334. The molecular weight excluding hydrogens is 148 g/mol. The predicted octanol–water partition coefficient (Wildman–Crippen LogP) is 1.99. The van der Waals surface area contributed by atoms with E-state index in [4.69, 9.17) is 5.26 Å². The molecule has 60 valence electrons. The van der Waals surface area contributed by atoms with Crippen LogP contribution in [-0.2, 0) is 6.42 Å². The molecule has 2 heteroatoms. The van der Waals surface area contributed by atoms with Crippen molar-refractivity contribution >= 4 is 0 Å². The van der Waals surface area contributed by atoms with Crippen molar-refractivity contribution in [3.63, 3.8) is 0 Å². The summed E-state index contributed by atoms with van der Waals surface area (Å²) in [5, 5.41) is 8.65. The van der Waals surface area contributed by atoms with Gasteiger partial charge >= 0.3 is 0 Å². The van der Waals surface area contributed by atoms with Crippen LogP contribution in [0, 0.1) is 18.3 Å². The SMILES string of the molecule is C=CCc1cc(C#N)cc(C)n1. The molecule has 0 fully saturated rings. The molecule has 1 aromatic rings. The van der Waals surface area contributed by atoms with Gasteiger partial charge < -0.3 is 0 Å². The van der Waals surface area contributed by atoms with Crippen molar-refractivity contribution in [2.75, 3.05) is 0 Å². The summed E-state index contributed by atoms with van der Waals surface area (Å²) in [6.07, 6.45) is 2.50. The quantitative estimate of drug-likeness (QED) is 0.617. The first kappa shape index (κ1) is 8.48. The Morgan fingerprint density at radius 1 is 1.67 bits per heavy atom. The van der Waals surface area contributed by atoms with Gasteiger partial charge in [-0.05, 0) is 19.1 Å². The summed E-state index contributed by atoms with van der Waals surface area (Å²) in [6, 6.07) is 5.65. The van der Waals surface area contributed by atoms with Crippen molar-refractivity contribution in [1.29, 1.82) is 5.26 Å². The van der Waals surface area contributed by atoms with Crippen LogP contribution in [0.1, 0.15) is 17.0 Å². The molecule has 1 heterocycles. The number of hydrogen-bond donors (Lipinski definition) is 0. The Hall–Kier alpha value is -1.62. The van der Waals surface area contributed by atoms with Gasteiger partial charge in [0, 0.05) is 17.8 Å². The van der Waals surface area contributed by atoms with E-state index >= 15 is 0 Å². The van der Waals surface area contributed by atoms with Gasteiger partial charge in [-0.15, -0.1) is 6.58 Å². The highest BCUT2D eigenvalue weighted by molar-refractivity contribution is 5.32. The fourth-order valence-electron chi connectivity index (χ4n) is 1.05. The lowest BCUT2D eigenvalue weighted by Gasteiger charge is -1.98. The number of nitrogens with zero attached hydrogens (tertiary/aromatic N) is 2. The minimum atomic E-state index is 0.666. The highest BCUT2D eigenvalue weighted by Gasteiger charge is 1.96. The molecule has 12 heavy (non-hydrogen) atoms. The Labute approximate surface area is 72.2 Å². The Morgan fingerprint density at radius 3 is 3.00 bits per heavy atom. The first-order valence-corrected chi connectivity index (χ1v) is 3.75. The number of nitriles is 1. The molecule has 0 unspecified atom stereocenters. The van der Waals surface area contributed by atoms with Gasteiger partial charge in [-0.25, -0.2) is 0 Å². The summed E-state index contributed by atoms with van der Waals surface area (Å²) >= 11 is 0. The number of pyridine rings is 1. The molecule has 0 aromatic carbocycles. The first-order valence-electron chi connectivity index (χ1n) is 3.75. The lowest BCUT2D eigenvalue weighted by Crippen LogP contribution is -1.91. The summed E-state index contributed by atoms with van der Waals surface area (Å²) in [5.74, 6) is 0. The summed E-state index contributed by atoms with van der Waals surface area (Å²) in [7, 11) is 0. The van der Waals surface area contributed by atoms with Gasteiger partial charge in [0.2, 0.25) is 0 Å². The molecule has 0 saturated heterocycles. The van der Waals surface area contributed by atoms with E-state index in [1.165, 1.54) is 0 Å². The number of allylic oxidation sites excluding steroid dienone is 1. The smallest absolute Gasteiger partial charge is 0.0992 e. The second-order valence-electron chi connectivity index (χ2n) is 2.59. The minimum Gasteiger partial charge on any atom is -0.258 e. The number of rotatable bonds is 2. The molecule has 0 aliphatic heterocycles. The molecule has 0 bridgehead atoms. The molecule has 0 saturated carbocycles. The molecule has 1 rings (SSSR count). The largest absolute Gasteiger partial charge is 0.258 e. The number of hydrogen-bond acceptors (Lipinski definition) is 2. The van der Waals surface area contributed by atoms with Crippen molar-refractivity contribution in [2.24, 2.45) is 0 Å². The maximum Gasteiger partial charge on any atom is 0.0992 e. The monoisotopic (exact) mass is 158 g/mol. The van der Waals surface area contributed by atoms with Crippen molar-refractivity contribution in [1.82, 2.24) is 4.98 Å². The standard InChI is InChI=1S/C10H10N2/c1-3-4-10-6-9(7-11)5-8(2)12-10/h3,5-6H,1,4H2,2H3. The highest BCUT2D eigenvalue weighted by Crippen LogP contribution is 2.05. The molecular formula is C10H10N2. The molecule has 0 aliphatic carbocycles. The van der Waals surface area contributed by atoms with E-state index in [0.29, 0.717) is 5.56 Å². The Balaban J connectivity index is 3.07. The Kier molecular flexibility index (Phi) is 2.60. The zero-order chi connectivity index (χ0) is 8.97. The van der Waals surface area contributed by atoms with Crippen LogP contribution in [0.15, 0.2) is 24.8 Å². The van der Waals surface area contributed by atoms with E-state index in [1.54, 1.807) is 18.2 Å². The van der Waals surface area contributed by atoms with Crippen LogP contribution in [0.3, 0.4) is 0 Å². The fourth-order valence-corrected chi connectivity index (χ4v) is 1.05. The average Bonchev–Trinajstić information content (AvgIpc) is 2.04. The Morgan fingerprint density at radius 2 is 2.42 bits per heavy atom. The average molecular weight is 158 g/mol. The maximum absolute atomic E-state index is 8.65. The van der Waals surface area contributed by atoms with Gasteiger partial charge in [0.05, 0.1) is 11.6 Å². The second kappa shape index (κ2) is 3.68. The van der Waals surface area contributed by atoms with Gasteiger partial charge in [0.15, 0.2) is 0 Å². The van der Waals surface area contributed by atoms with E-state index in [-0.39, 0.29) is 0 Å². The lowest BCUT2D eigenvalue weighted by atomic mass is 10.2. The normalized spacial score (nSPS) is 9.00. The lowest BCUT2D eigenvalue weighted by molar-refractivity contribution is 1.06. The van der Waals surface area contributed by atoms with Crippen LogP contribution in [0.25, 0.3) is 0 Å². The van der Waals surface area contributed by atoms with Crippen LogP contribution < -0.4 is 0 Å². The van der Waals surface area contributed by atoms with Gasteiger partial charge in [0.1, 0.15) is 0 Å². The van der Waals surface area contributed by atoms with E-state index in [1.807, 2.05) is 6.92 Å². The van der Waals surface area contributed by atoms with Gasteiger partial charge in [-0.3, -0.25) is 4.98 Å². The third-order valence-corrected chi connectivity index (χ3v) is 1.49. The van der Waals surface area contributed by atoms with E-state index in [0.717, 1.165) is 17.8 Å².